The van der Waals surface area contributed by atoms with Gasteiger partial charge in [-0.1, -0.05) is 13.3 Å². The zero-order valence-electron chi connectivity index (χ0n) is 9.62. The van der Waals surface area contributed by atoms with Crippen molar-refractivity contribution in [1.29, 1.82) is 0 Å². The Bertz CT molecular complexity index is 287. The second-order valence-electron chi connectivity index (χ2n) is 4.52. The van der Waals surface area contributed by atoms with Crippen molar-refractivity contribution in [3.63, 3.8) is 0 Å². The number of hydrogen-bond acceptors (Lipinski definition) is 3. The van der Waals surface area contributed by atoms with Gasteiger partial charge in [0.25, 0.3) is 0 Å². The molecule has 1 heterocycles. The molecule has 84 valence electrons. The van der Waals surface area contributed by atoms with Crippen molar-refractivity contribution < 1.29 is 0 Å². The van der Waals surface area contributed by atoms with Gasteiger partial charge in [0.15, 0.2) is 0 Å². The summed E-state index contributed by atoms with van der Waals surface area (Å²) < 4.78 is 0. The molecule has 1 aromatic rings. The van der Waals surface area contributed by atoms with E-state index in [9.17, 15) is 0 Å². The van der Waals surface area contributed by atoms with Gasteiger partial charge < -0.3 is 5.32 Å². The van der Waals surface area contributed by atoms with Gasteiger partial charge in [-0.3, -0.25) is 0 Å². The maximum Gasteiger partial charge on any atom is 0.113 e. The lowest BCUT2D eigenvalue weighted by Gasteiger charge is -2.38. The van der Waals surface area contributed by atoms with Crippen LogP contribution < -0.4 is 5.32 Å². The zero-order chi connectivity index (χ0) is 10.7. The maximum atomic E-state index is 4.49. The van der Waals surface area contributed by atoms with E-state index >= 15 is 0 Å². The first-order valence-corrected chi connectivity index (χ1v) is 6.77. The molecule has 0 amide bonds. The minimum atomic E-state index is 0.180. The van der Waals surface area contributed by atoms with Gasteiger partial charge in [-0.15, -0.1) is 11.3 Å². The van der Waals surface area contributed by atoms with E-state index in [2.05, 4.69) is 29.7 Å². The lowest BCUT2D eigenvalue weighted by Crippen LogP contribution is -2.43. The van der Waals surface area contributed by atoms with Crippen molar-refractivity contribution in [2.24, 2.45) is 5.92 Å². The van der Waals surface area contributed by atoms with E-state index in [1.54, 1.807) is 11.3 Å². The summed E-state index contributed by atoms with van der Waals surface area (Å²) in [4.78, 5) is 4.49. The first-order valence-electron chi connectivity index (χ1n) is 5.89. The quantitative estimate of drug-likeness (QED) is 0.853. The summed E-state index contributed by atoms with van der Waals surface area (Å²) in [6.07, 6.45) is 8.43. The highest BCUT2D eigenvalue weighted by molar-refractivity contribution is 7.09. The molecule has 0 spiro atoms. The summed E-state index contributed by atoms with van der Waals surface area (Å²) in [5.74, 6) is 0.937. The number of aromatic nitrogens is 1. The largest absolute Gasteiger partial charge is 0.308 e. The minimum Gasteiger partial charge on any atom is -0.308 e. The molecule has 3 heteroatoms. The third-order valence-electron chi connectivity index (χ3n) is 3.86. The van der Waals surface area contributed by atoms with Crippen LogP contribution in [-0.2, 0) is 5.54 Å². The van der Waals surface area contributed by atoms with Gasteiger partial charge in [0.05, 0.1) is 5.54 Å². The first kappa shape index (κ1) is 11.1. The molecular weight excluding hydrogens is 204 g/mol. The van der Waals surface area contributed by atoms with Crippen molar-refractivity contribution in [2.45, 2.75) is 44.6 Å². The Kier molecular flexibility index (Phi) is 3.42. The van der Waals surface area contributed by atoms with Crippen LogP contribution in [0.4, 0.5) is 0 Å². The Labute approximate surface area is 96.1 Å². The van der Waals surface area contributed by atoms with Crippen LogP contribution in [0.25, 0.3) is 0 Å². The van der Waals surface area contributed by atoms with Crippen LogP contribution in [0, 0.1) is 5.92 Å². The molecule has 1 fully saturated rings. The van der Waals surface area contributed by atoms with Crippen LogP contribution in [0.2, 0.25) is 0 Å². The Morgan fingerprint density at radius 2 is 2.27 bits per heavy atom. The van der Waals surface area contributed by atoms with Gasteiger partial charge in [0.1, 0.15) is 5.01 Å². The Morgan fingerprint density at radius 1 is 1.53 bits per heavy atom. The predicted octanol–water partition coefficient (Wildman–Crippen LogP) is 3.16. The van der Waals surface area contributed by atoms with Crippen molar-refractivity contribution in [1.82, 2.24) is 10.3 Å². The molecule has 0 aliphatic heterocycles. The third-order valence-corrected chi connectivity index (χ3v) is 4.83. The van der Waals surface area contributed by atoms with Crippen molar-refractivity contribution in [3.05, 3.63) is 16.6 Å². The average molecular weight is 224 g/mol. The second kappa shape index (κ2) is 4.62. The molecule has 1 aromatic heterocycles. The Morgan fingerprint density at radius 3 is 2.73 bits per heavy atom. The molecule has 1 aliphatic rings. The van der Waals surface area contributed by atoms with Gasteiger partial charge in [-0.25, -0.2) is 4.98 Å². The fourth-order valence-corrected chi connectivity index (χ4v) is 3.51. The molecule has 0 bridgehead atoms. The normalized spacial score (nSPS) is 31.7. The van der Waals surface area contributed by atoms with Gasteiger partial charge >= 0.3 is 0 Å². The topological polar surface area (TPSA) is 24.9 Å². The summed E-state index contributed by atoms with van der Waals surface area (Å²) in [6, 6.07) is 0. The smallest absolute Gasteiger partial charge is 0.113 e. The fourth-order valence-electron chi connectivity index (χ4n) is 2.61. The summed E-state index contributed by atoms with van der Waals surface area (Å²) in [7, 11) is 2.08. The van der Waals surface area contributed by atoms with Gasteiger partial charge in [-0.05, 0) is 38.6 Å². The van der Waals surface area contributed by atoms with Crippen LogP contribution >= 0.6 is 11.3 Å². The molecule has 0 saturated heterocycles. The number of nitrogens with one attached hydrogen (secondary N) is 1. The molecule has 1 saturated carbocycles. The van der Waals surface area contributed by atoms with Crippen LogP contribution in [0.3, 0.4) is 0 Å². The van der Waals surface area contributed by atoms with Gasteiger partial charge in [-0.2, -0.15) is 0 Å². The highest BCUT2D eigenvalue weighted by Crippen LogP contribution is 2.40. The third kappa shape index (κ3) is 2.08. The number of rotatable bonds is 3. The monoisotopic (exact) mass is 224 g/mol. The summed E-state index contributed by atoms with van der Waals surface area (Å²) in [5.41, 5.74) is 0.180. The van der Waals surface area contributed by atoms with Crippen LogP contribution in [-0.4, -0.2) is 12.0 Å². The minimum absolute atomic E-state index is 0.180. The molecule has 1 aliphatic carbocycles. The van der Waals surface area contributed by atoms with Gasteiger partial charge in [0.2, 0.25) is 0 Å². The van der Waals surface area contributed by atoms with E-state index in [1.165, 1.54) is 37.1 Å². The molecule has 0 radical (unpaired) electrons. The van der Waals surface area contributed by atoms with E-state index in [0.29, 0.717) is 0 Å². The van der Waals surface area contributed by atoms with Crippen LogP contribution in [0.5, 0.6) is 0 Å². The maximum absolute atomic E-state index is 4.49. The van der Waals surface area contributed by atoms with Crippen LogP contribution in [0.15, 0.2) is 11.6 Å². The SMILES string of the molecule is CCC1CCC(NC)(c2nccs2)CC1. The number of hydrogen-bond donors (Lipinski definition) is 1. The Balaban J connectivity index is 2.12. The lowest BCUT2D eigenvalue weighted by atomic mass is 9.76. The summed E-state index contributed by atoms with van der Waals surface area (Å²) in [5, 5.41) is 6.87. The van der Waals surface area contributed by atoms with E-state index in [4.69, 9.17) is 0 Å². The highest BCUT2D eigenvalue weighted by atomic mass is 32.1. The van der Waals surface area contributed by atoms with E-state index in [-0.39, 0.29) is 5.54 Å². The molecule has 15 heavy (non-hydrogen) atoms. The molecule has 1 N–H and O–H groups in total. The summed E-state index contributed by atoms with van der Waals surface area (Å²) >= 11 is 1.79. The number of nitrogens with zero attached hydrogens (tertiary/aromatic N) is 1. The van der Waals surface area contributed by atoms with E-state index in [0.717, 1.165) is 5.92 Å². The molecule has 2 nitrogen and oxygen atoms in total. The molecule has 2 rings (SSSR count). The lowest BCUT2D eigenvalue weighted by molar-refractivity contribution is 0.196. The van der Waals surface area contributed by atoms with Crippen molar-refractivity contribution in [2.75, 3.05) is 7.05 Å². The fraction of sp³-hybridized carbons (Fsp3) is 0.750. The Hall–Kier alpha value is -0.410. The van der Waals surface area contributed by atoms with Crippen molar-refractivity contribution >= 4 is 11.3 Å². The highest BCUT2D eigenvalue weighted by Gasteiger charge is 2.36. The zero-order valence-corrected chi connectivity index (χ0v) is 10.4. The standard InChI is InChI=1S/C12H20N2S/c1-3-10-4-6-12(13-2,7-5-10)11-14-8-9-15-11/h8-10,13H,3-7H2,1-2H3. The number of thiazole rings is 1. The molecule has 0 aromatic carbocycles. The van der Waals surface area contributed by atoms with E-state index in [1.807, 2.05) is 6.20 Å². The average Bonchev–Trinajstić information content (AvgIpc) is 2.83. The predicted molar refractivity (Wildman–Crippen MR) is 65.1 cm³/mol. The molecular formula is C12H20N2S. The van der Waals surface area contributed by atoms with Crippen molar-refractivity contribution in [3.8, 4) is 0 Å². The second-order valence-corrected chi connectivity index (χ2v) is 5.42. The summed E-state index contributed by atoms with van der Waals surface area (Å²) in [6.45, 7) is 2.31. The molecule has 0 atom stereocenters. The van der Waals surface area contributed by atoms with Crippen LogP contribution in [0.1, 0.15) is 44.0 Å². The van der Waals surface area contributed by atoms with E-state index < -0.39 is 0 Å². The first-order chi connectivity index (χ1) is 7.30. The van der Waals surface area contributed by atoms with Gasteiger partial charge in [0, 0.05) is 11.6 Å². The molecule has 0 unspecified atom stereocenters.